The highest BCUT2D eigenvalue weighted by atomic mass is 16.6. The van der Waals surface area contributed by atoms with E-state index < -0.39 is 23.8 Å². The minimum absolute atomic E-state index is 0.0914. The maximum absolute atomic E-state index is 14.2. The van der Waals surface area contributed by atoms with Crippen molar-refractivity contribution in [3.8, 4) is 0 Å². The van der Waals surface area contributed by atoms with Gasteiger partial charge in [0.15, 0.2) is 0 Å². The molecule has 0 aliphatic rings. The summed E-state index contributed by atoms with van der Waals surface area (Å²) in [5.41, 5.74) is 0.907. The maximum atomic E-state index is 14.2. The number of alkyl carbamates (subject to hydrolysis) is 1. The fourth-order valence-corrected chi connectivity index (χ4v) is 4.07. The van der Waals surface area contributed by atoms with Crippen LogP contribution < -0.4 is 10.6 Å². The molecule has 37 heavy (non-hydrogen) atoms. The van der Waals surface area contributed by atoms with Crippen LogP contribution in [0, 0.1) is 0 Å². The molecule has 0 fully saturated rings. The van der Waals surface area contributed by atoms with Gasteiger partial charge < -0.3 is 20.3 Å². The summed E-state index contributed by atoms with van der Waals surface area (Å²) in [7, 11) is 0. The third-order valence-corrected chi connectivity index (χ3v) is 5.66. The molecule has 202 valence electrons. The molecular formula is C30H43N3O4. The average molecular weight is 510 g/mol. The first-order chi connectivity index (χ1) is 17.5. The van der Waals surface area contributed by atoms with Crippen molar-refractivity contribution < 1.29 is 19.1 Å². The van der Waals surface area contributed by atoms with Crippen LogP contribution in [-0.2, 0) is 20.7 Å². The average Bonchev–Trinajstić information content (AvgIpc) is 2.82. The van der Waals surface area contributed by atoms with Crippen LogP contribution >= 0.6 is 0 Å². The van der Waals surface area contributed by atoms with E-state index in [0.29, 0.717) is 6.54 Å². The van der Waals surface area contributed by atoms with E-state index in [0.717, 1.165) is 30.4 Å². The van der Waals surface area contributed by atoms with Crippen molar-refractivity contribution in [2.45, 2.75) is 91.0 Å². The molecule has 0 heterocycles. The molecule has 2 atom stereocenters. The van der Waals surface area contributed by atoms with E-state index in [2.05, 4.69) is 17.6 Å². The van der Waals surface area contributed by atoms with Gasteiger partial charge in [-0.25, -0.2) is 4.79 Å². The number of unbranched alkanes of at least 4 members (excludes halogenated alkanes) is 2. The first-order valence-corrected chi connectivity index (χ1v) is 13.2. The van der Waals surface area contributed by atoms with Gasteiger partial charge in [0, 0.05) is 19.0 Å². The Hall–Kier alpha value is -3.35. The SMILES string of the molecule is CCCCCN(C(=O)C(Cc1ccccc1)NC(=O)OC(C)(C)C)C(C(=O)NC(C)C)c1ccccc1. The summed E-state index contributed by atoms with van der Waals surface area (Å²) in [4.78, 5) is 42.1. The van der Waals surface area contributed by atoms with Crippen molar-refractivity contribution >= 4 is 17.9 Å². The van der Waals surface area contributed by atoms with Gasteiger partial charge in [0.25, 0.3) is 0 Å². The minimum atomic E-state index is -0.906. The maximum Gasteiger partial charge on any atom is 0.408 e. The molecule has 0 aliphatic heterocycles. The van der Waals surface area contributed by atoms with Gasteiger partial charge in [-0.2, -0.15) is 0 Å². The number of carbonyl (C=O) groups is 3. The quantitative estimate of drug-likeness (QED) is 0.375. The molecule has 3 amide bonds. The van der Waals surface area contributed by atoms with Crippen molar-refractivity contribution in [3.05, 3.63) is 71.8 Å². The smallest absolute Gasteiger partial charge is 0.408 e. The number of benzene rings is 2. The molecule has 2 aromatic rings. The van der Waals surface area contributed by atoms with Crippen molar-refractivity contribution in [2.24, 2.45) is 0 Å². The lowest BCUT2D eigenvalue weighted by molar-refractivity contribution is -0.142. The third kappa shape index (κ3) is 10.3. The first-order valence-electron chi connectivity index (χ1n) is 13.2. The van der Waals surface area contributed by atoms with Crippen molar-refractivity contribution in [3.63, 3.8) is 0 Å². The summed E-state index contributed by atoms with van der Waals surface area (Å²) in [5.74, 6) is -0.569. The molecule has 0 radical (unpaired) electrons. The molecule has 2 unspecified atom stereocenters. The number of nitrogens with one attached hydrogen (secondary N) is 2. The predicted octanol–water partition coefficient (Wildman–Crippen LogP) is 5.41. The molecule has 2 N–H and O–H groups in total. The molecule has 0 aliphatic carbocycles. The van der Waals surface area contributed by atoms with Crippen LogP contribution in [0.1, 0.15) is 78.0 Å². The van der Waals surface area contributed by atoms with Crippen LogP contribution in [-0.4, -0.2) is 47.0 Å². The Morgan fingerprint density at radius 1 is 0.892 bits per heavy atom. The highest BCUT2D eigenvalue weighted by Crippen LogP contribution is 2.24. The molecule has 0 saturated heterocycles. The third-order valence-electron chi connectivity index (χ3n) is 5.66. The molecule has 2 rings (SSSR count). The van der Waals surface area contributed by atoms with Gasteiger partial charge in [-0.1, -0.05) is 80.4 Å². The summed E-state index contributed by atoms with van der Waals surface area (Å²) in [6.45, 7) is 11.6. The summed E-state index contributed by atoms with van der Waals surface area (Å²) in [6, 6.07) is 17.0. The van der Waals surface area contributed by atoms with Crippen LogP contribution in [0.15, 0.2) is 60.7 Å². The Balaban J connectivity index is 2.49. The zero-order valence-electron chi connectivity index (χ0n) is 23.1. The standard InChI is InChI=1S/C30H43N3O4/c1-7-8-15-20-33(26(27(34)31-22(2)3)24-18-13-10-14-19-24)28(35)25(21-23-16-11-9-12-17-23)32-29(36)37-30(4,5)6/h9-14,16-19,22,25-26H,7-8,15,20-21H2,1-6H3,(H,31,34)(H,32,36). The molecule has 7 nitrogen and oxygen atoms in total. The van der Waals surface area contributed by atoms with Gasteiger partial charge in [-0.3, -0.25) is 9.59 Å². The minimum Gasteiger partial charge on any atom is -0.444 e. The van der Waals surface area contributed by atoms with Gasteiger partial charge in [0.1, 0.15) is 17.7 Å². The van der Waals surface area contributed by atoms with E-state index in [-0.39, 0.29) is 24.3 Å². The second kappa shape index (κ2) is 14.4. The van der Waals surface area contributed by atoms with Crippen molar-refractivity contribution in [2.75, 3.05) is 6.54 Å². The molecule has 0 spiro atoms. The van der Waals surface area contributed by atoms with Crippen molar-refractivity contribution in [1.29, 1.82) is 0 Å². The normalized spacial score (nSPS) is 12.9. The van der Waals surface area contributed by atoms with Crippen LogP contribution in [0.4, 0.5) is 4.79 Å². The number of hydrogen-bond acceptors (Lipinski definition) is 4. The molecular weight excluding hydrogens is 466 g/mol. The Morgan fingerprint density at radius 3 is 2.03 bits per heavy atom. The van der Waals surface area contributed by atoms with Gasteiger partial charge in [0.2, 0.25) is 11.8 Å². The summed E-state index contributed by atoms with van der Waals surface area (Å²) < 4.78 is 5.48. The van der Waals surface area contributed by atoms with Crippen LogP contribution in [0.5, 0.6) is 0 Å². The molecule has 0 bridgehead atoms. The zero-order chi connectivity index (χ0) is 27.4. The molecule has 0 aromatic heterocycles. The van der Waals surface area contributed by atoms with E-state index >= 15 is 0 Å². The van der Waals surface area contributed by atoms with Gasteiger partial charge >= 0.3 is 6.09 Å². The van der Waals surface area contributed by atoms with Crippen LogP contribution in [0.25, 0.3) is 0 Å². The van der Waals surface area contributed by atoms with Crippen molar-refractivity contribution in [1.82, 2.24) is 15.5 Å². The monoisotopic (exact) mass is 509 g/mol. The van der Waals surface area contributed by atoms with Gasteiger partial charge in [0.05, 0.1) is 0 Å². The Bertz CT molecular complexity index is 987. The summed E-state index contributed by atoms with van der Waals surface area (Å²) in [6.07, 6.45) is 2.24. The molecule has 2 aromatic carbocycles. The van der Waals surface area contributed by atoms with E-state index in [9.17, 15) is 14.4 Å². The van der Waals surface area contributed by atoms with E-state index in [1.165, 1.54) is 0 Å². The molecule has 7 heteroatoms. The largest absolute Gasteiger partial charge is 0.444 e. The van der Waals surface area contributed by atoms with Crippen LogP contribution in [0.3, 0.4) is 0 Å². The topological polar surface area (TPSA) is 87.7 Å². The number of rotatable bonds is 12. The Morgan fingerprint density at radius 2 is 1.49 bits per heavy atom. The van der Waals surface area contributed by atoms with E-state index in [1.54, 1.807) is 25.7 Å². The number of amides is 3. The Labute approximate surface area is 222 Å². The fraction of sp³-hybridized carbons (Fsp3) is 0.500. The second-order valence-corrected chi connectivity index (χ2v) is 10.6. The van der Waals surface area contributed by atoms with E-state index in [4.69, 9.17) is 4.74 Å². The van der Waals surface area contributed by atoms with E-state index in [1.807, 2.05) is 74.5 Å². The number of ether oxygens (including phenoxy) is 1. The lowest BCUT2D eigenvalue weighted by Crippen LogP contribution is -2.54. The van der Waals surface area contributed by atoms with Crippen LogP contribution in [0.2, 0.25) is 0 Å². The summed E-state index contributed by atoms with van der Waals surface area (Å²) >= 11 is 0. The lowest BCUT2D eigenvalue weighted by atomic mass is 9.99. The number of nitrogens with zero attached hydrogens (tertiary/aromatic N) is 1. The number of carbonyl (C=O) groups excluding carboxylic acids is 3. The summed E-state index contributed by atoms with van der Waals surface area (Å²) in [5, 5.41) is 5.78. The fourth-order valence-electron chi connectivity index (χ4n) is 4.07. The predicted molar refractivity (Wildman–Crippen MR) is 147 cm³/mol. The Kier molecular flexibility index (Phi) is 11.6. The van der Waals surface area contributed by atoms with Gasteiger partial charge in [-0.15, -0.1) is 0 Å². The highest BCUT2D eigenvalue weighted by molar-refractivity contribution is 5.92. The lowest BCUT2D eigenvalue weighted by Gasteiger charge is -2.35. The zero-order valence-corrected chi connectivity index (χ0v) is 23.1. The van der Waals surface area contributed by atoms with Gasteiger partial charge in [-0.05, 0) is 52.2 Å². The number of hydrogen-bond donors (Lipinski definition) is 2. The second-order valence-electron chi connectivity index (χ2n) is 10.6. The molecule has 0 saturated carbocycles. The highest BCUT2D eigenvalue weighted by Gasteiger charge is 2.36. The first kappa shape index (κ1) is 29.9.